The molecule has 7 heteroatoms. The Morgan fingerprint density at radius 1 is 1.35 bits per heavy atom. The van der Waals surface area contributed by atoms with Crippen LogP contribution in [0.1, 0.15) is 20.3 Å². The molecule has 0 fully saturated rings. The fourth-order valence-electron chi connectivity index (χ4n) is 1.56. The van der Waals surface area contributed by atoms with Gasteiger partial charge in [0.25, 0.3) is 0 Å². The second kappa shape index (κ2) is 7.08. The maximum Gasteiger partial charge on any atom is 0.240 e. The summed E-state index contributed by atoms with van der Waals surface area (Å²) < 4.78 is 25.6. The number of amides is 1. The van der Waals surface area contributed by atoms with Crippen LogP contribution >= 0.6 is 15.9 Å². The van der Waals surface area contributed by atoms with Crippen molar-refractivity contribution < 1.29 is 13.2 Å². The Hall–Kier alpha value is -1.08. The molecule has 1 rings (SSSR count). The third-order valence-electron chi connectivity index (χ3n) is 2.82. The van der Waals surface area contributed by atoms with E-state index >= 15 is 0 Å². The minimum absolute atomic E-state index is 0.0221. The van der Waals surface area contributed by atoms with Gasteiger partial charge in [0.15, 0.2) is 0 Å². The van der Waals surface area contributed by atoms with Crippen molar-refractivity contribution in [3.05, 3.63) is 28.7 Å². The highest BCUT2D eigenvalue weighted by molar-refractivity contribution is 9.10. The number of benzene rings is 1. The second-order valence-electron chi connectivity index (χ2n) is 4.62. The summed E-state index contributed by atoms with van der Waals surface area (Å²) in [5.74, 6) is -0.312. The van der Waals surface area contributed by atoms with Gasteiger partial charge in [0, 0.05) is 10.5 Å². The lowest BCUT2D eigenvalue weighted by Gasteiger charge is -2.23. The number of anilines is 1. The Kier molecular flexibility index (Phi) is 6.01. The molecule has 5 nitrogen and oxygen atoms in total. The molecule has 0 spiro atoms. The van der Waals surface area contributed by atoms with E-state index in [2.05, 4.69) is 21.2 Å². The van der Waals surface area contributed by atoms with E-state index in [4.69, 9.17) is 0 Å². The quantitative estimate of drug-likeness (QED) is 0.842. The smallest absolute Gasteiger partial charge is 0.240 e. The van der Waals surface area contributed by atoms with Crippen LogP contribution in [0.15, 0.2) is 28.7 Å². The highest BCUT2D eigenvalue weighted by Gasteiger charge is 2.21. The number of rotatable bonds is 6. The van der Waals surface area contributed by atoms with Crippen molar-refractivity contribution in [3.8, 4) is 0 Å². The topological polar surface area (TPSA) is 66.5 Å². The first kappa shape index (κ1) is 17.0. The Bertz CT molecular complexity index is 557. The zero-order valence-electron chi connectivity index (χ0n) is 11.8. The van der Waals surface area contributed by atoms with E-state index < -0.39 is 10.0 Å². The fraction of sp³-hybridized carbons (Fsp3) is 0.462. The van der Waals surface area contributed by atoms with Gasteiger partial charge in [0.05, 0.1) is 11.9 Å². The molecule has 0 aliphatic heterocycles. The average Bonchev–Trinajstić information content (AvgIpc) is 2.36. The summed E-state index contributed by atoms with van der Waals surface area (Å²) in [6.07, 6.45) is 1.88. The third-order valence-corrected chi connectivity index (χ3v) is 4.49. The molecule has 0 unspecified atom stereocenters. The van der Waals surface area contributed by atoms with Crippen molar-refractivity contribution in [3.63, 3.8) is 0 Å². The first-order chi connectivity index (χ1) is 9.24. The highest BCUT2D eigenvalue weighted by atomic mass is 79.9. The molecule has 0 bridgehead atoms. The van der Waals surface area contributed by atoms with Gasteiger partial charge in [-0.3, -0.25) is 9.10 Å². The summed E-state index contributed by atoms with van der Waals surface area (Å²) in [7, 11) is -3.51. The first-order valence-corrected chi connectivity index (χ1v) is 8.90. The molecule has 20 heavy (non-hydrogen) atoms. The predicted octanol–water partition coefficient (Wildman–Crippen LogP) is 2.13. The van der Waals surface area contributed by atoms with Crippen LogP contribution in [0.3, 0.4) is 0 Å². The molecule has 0 saturated carbocycles. The van der Waals surface area contributed by atoms with Crippen molar-refractivity contribution >= 4 is 37.5 Å². The second-order valence-corrected chi connectivity index (χ2v) is 7.45. The van der Waals surface area contributed by atoms with Gasteiger partial charge in [-0.15, -0.1) is 0 Å². The van der Waals surface area contributed by atoms with E-state index in [9.17, 15) is 13.2 Å². The van der Waals surface area contributed by atoms with Gasteiger partial charge >= 0.3 is 0 Å². The van der Waals surface area contributed by atoms with Gasteiger partial charge in [-0.25, -0.2) is 8.42 Å². The first-order valence-electron chi connectivity index (χ1n) is 6.26. The molecule has 1 N–H and O–H groups in total. The Morgan fingerprint density at radius 2 is 1.90 bits per heavy atom. The summed E-state index contributed by atoms with van der Waals surface area (Å²) in [6, 6.07) is 6.80. The summed E-state index contributed by atoms with van der Waals surface area (Å²) in [5.41, 5.74) is 0.468. The fourth-order valence-corrected chi connectivity index (χ4v) is 2.68. The Morgan fingerprint density at radius 3 is 2.35 bits per heavy atom. The number of sulfonamides is 1. The lowest BCUT2D eigenvalue weighted by Crippen LogP contribution is -2.43. The number of hydrogen-bond donors (Lipinski definition) is 1. The summed E-state index contributed by atoms with van der Waals surface area (Å²) in [4.78, 5) is 11.9. The molecule has 0 saturated heterocycles. The van der Waals surface area contributed by atoms with Crippen molar-refractivity contribution in [1.82, 2.24) is 5.32 Å². The maximum absolute atomic E-state index is 11.9. The van der Waals surface area contributed by atoms with Crippen LogP contribution in [0.2, 0.25) is 0 Å². The molecule has 1 atom stereocenters. The van der Waals surface area contributed by atoms with Crippen LogP contribution in [0, 0.1) is 0 Å². The van der Waals surface area contributed by atoms with Crippen molar-refractivity contribution in [1.29, 1.82) is 0 Å². The number of carbonyl (C=O) groups is 1. The molecule has 1 aromatic rings. The van der Waals surface area contributed by atoms with Crippen LogP contribution in [-0.4, -0.2) is 33.2 Å². The zero-order valence-corrected chi connectivity index (χ0v) is 14.2. The zero-order chi connectivity index (χ0) is 15.3. The number of carbonyl (C=O) groups excluding carboxylic acids is 1. The molecule has 0 aliphatic rings. The van der Waals surface area contributed by atoms with E-state index in [0.717, 1.165) is 21.5 Å². The van der Waals surface area contributed by atoms with E-state index in [1.807, 2.05) is 13.8 Å². The molecule has 0 radical (unpaired) electrons. The average molecular weight is 363 g/mol. The maximum atomic E-state index is 11.9. The van der Waals surface area contributed by atoms with E-state index in [-0.39, 0.29) is 18.5 Å². The predicted molar refractivity (Wildman–Crippen MR) is 84.2 cm³/mol. The lowest BCUT2D eigenvalue weighted by atomic mass is 10.2. The van der Waals surface area contributed by atoms with Gasteiger partial charge in [0.1, 0.15) is 6.54 Å². The summed E-state index contributed by atoms with van der Waals surface area (Å²) in [6.45, 7) is 3.61. The molecule has 0 aromatic heterocycles. The van der Waals surface area contributed by atoms with Gasteiger partial charge < -0.3 is 5.32 Å². The molecule has 0 heterocycles. The van der Waals surface area contributed by atoms with Crippen molar-refractivity contribution in [2.75, 3.05) is 17.1 Å². The van der Waals surface area contributed by atoms with E-state index in [1.54, 1.807) is 24.3 Å². The third kappa shape index (κ3) is 5.13. The van der Waals surface area contributed by atoms with Gasteiger partial charge in [-0.1, -0.05) is 22.9 Å². The minimum atomic E-state index is -3.51. The van der Waals surface area contributed by atoms with Crippen LogP contribution in [0.5, 0.6) is 0 Å². The van der Waals surface area contributed by atoms with Gasteiger partial charge in [0.2, 0.25) is 15.9 Å². The number of halogens is 1. The molecular formula is C13H19BrN2O3S. The van der Waals surface area contributed by atoms with Crippen LogP contribution in [0.25, 0.3) is 0 Å². The largest absolute Gasteiger partial charge is 0.352 e. The van der Waals surface area contributed by atoms with E-state index in [1.165, 1.54) is 0 Å². The van der Waals surface area contributed by atoms with Crippen molar-refractivity contribution in [2.45, 2.75) is 26.3 Å². The minimum Gasteiger partial charge on any atom is -0.352 e. The molecular weight excluding hydrogens is 344 g/mol. The summed E-state index contributed by atoms with van der Waals surface area (Å²) in [5, 5.41) is 2.76. The Balaban J connectivity index is 2.92. The lowest BCUT2D eigenvalue weighted by molar-refractivity contribution is -0.120. The highest BCUT2D eigenvalue weighted by Crippen LogP contribution is 2.20. The molecule has 1 aromatic carbocycles. The van der Waals surface area contributed by atoms with Crippen LogP contribution in [0.4, 0.5) is 5.69 Å². The normalized spacial score (nSPS) is 12.8. The monoisotopic (exact) mass is 362 g/mol. The Labute approximate surface area is 128 Å². The SMILES string of the molecule is CC[C@H](C)NC(=O)CN(c1ccc(Br)cc1)S(C)(=O)=O. The molecule has 112 valence electrons. The van der Waals surface area contributed by atoms with Crippen molar-refractivity contribution in [2.24, 2.45) is 0 Å². The van der Waals surface area contributed by atoms with Crippen LogP contribution < -0.4 is 9.62 Å². The molecule has 1 amide bonds. The number of hydrogen-bond acceptors (Lipinski definition) is 3. The number of nitrogens with zero attached hydrogens (tertiary/aromatic N) is 1. The molecule has 0 aliphatic carbocycles. The standard InChI is InChI=1S/C13H19BrN2O3S/c1-4-10(2)15-13(17)9-16(20(3,18)19)12-7-5-11(14)6-8-12/h5-8,10H,4,9H2,1-3H3,(H,15,17)/t10-/m0/s1. The van der Waals surface area contributed by atoms with Gasteiger partial charge in [-0.2, -0.15) is 0 Å². The number of nitrogens with one attached hydrogen (secondary N) is 1. The van der Waals surface area contributed by atoms with Gasteiger partial charge in [-0.05, 0) is 37.6 Å². The van der Waals surface area contributed by atoms with Crippen LogP contribution in [-0.2, 0) is 14.8 Å². The summed E-state index contributed by atoms with van der Waals surface area (Å²) >= 11 is 3.29. The van der Waals surface area contributed by atoms with E-state index in [0.29, 0.717) is 5.69 Å².